The van der Waals surface area contributed by atoms with Gasteiger partial charge < -0.3 is 18.6 Å². The highest BCUT2D eigenvalue weighted by Gasteiger charge is 2.43. The third-order valence-corrected chi connectivity index (χ3v) is 8.76. The number of hydrogen-bond donors (Lipinski definition) is 0. The summed E-state index contributed by atoms with van der Waals surface area (Å²) < 4.78 is 22.6. The topological polar surface area (TPSA) is 54.0 Å². The molecule has 0 aromatic carbocycles. The van der Waals surface area contributed by atoms with E-state index < -0.39 is 20.1 Å². The Bertz CT molecular complexity index is 423. The zero-order valence-corrected chi connectivity index (χ0v) is 16.1. The molecule has 1 aliphatic heterocycles. The van der Waals surface area contributed by atoms with Crippen molar-refractivity contribution < 1.29 is 23.4 Å². The number of methoxy groups -OCH3 is 1. The van der Waals surface area contributed by atoms with Gasteiger partial charge in [0, 0.05) is 6.08 Å². The maximum absolute atomic E-state index is 11.3. The monoisotopic (exact) mass is 330 g/mol. The fourth-order valence-electron chi connectivity index (χ4n) is 1.90. The Morgan fingerprint density at radius 1 is 1.27 bits per heavy atom. The lowest BCUT2D eigenvalue weighted by Gasteiger charge is -2.37. The van der Waals surface area contributed by atoms with Crippen LogP contribution in [0.4, 0.5) is 0 Å². The summed E-state index contributed by atoms with van der Waals surface area (Å²) >= 11 is 0. The van der Waals surface area contributed by atoms with E-state index in [1.165, 1.54) is 13.2 Å². The highest BCUT2D eigenvalue weighted by atomic mass is 28.4. The minimum absolute atomic E-state index is 0.138. The van der Waals surface area contributed by atoms with Crippen molar-refractivity contribution in [3.63, 3.8) is 0 Å². The van der Waals surface area contributed by atoms with Crippen molar-refractivity contribution in [1.29, 1.82) is 0 Å². The van der Waals surface area contributed by atoms with Crippen molar-refractivity contribution in [3.8, 4) is 0 Å². The van der Waals surface area contributed by atoms with Gasteiger partial charge in [0.1, 0.15) is 12.2 Å². The fourth-order valence-corrected chi connectivity index (χ4v) is 2.92. The number of hydrogen-bond acceptors (Lipinski definition) is 5. The first-order valence-corrected chi connectivity index (χ1v) is 10.5. The van der Waals surface area contributed by atoms with E-state index in [9.17, 15) is 4.79 Å². The second kappa shape index (κ2) is 6.82. The van der Waals surface area contributed by atoms with Crippen LogP contribution in [0.15, 0.2) is 12.2 Å². The fraction of sp³-hybridized carbons (Fsp3) is 0.812. The van der Waals surface area contributed by atoms with Crippen LogP contribution in [0.5, 0.6) is 0 Å². The molecule has 1 heterocycles. The van der Waals surface area contributed by atoms with Crippen LogP contribution in [-0.4, -0.2) is 46.0 Å². The number of carbonyl (C=O) groups is 1. The van der Waals surface area contributed by atoms with E-state index in [1.807, 2.05) is 13.8 Å². The number of ether oxygens (including phenoxy) is 3. The Hall–Kier alpha value is -0.693. The number of esters is 1. The average molecular weight is 330 g/mol. The summed E-state index contributed by atoms with van der Waals surface area (Å²) in [7, 11) is -0.503. The quantitative estimate of drug-likeness (QED) is 0.440. The molecule has 1 aliphatic rings. The minimum Gasteiger partial charge on any atom is -0.466 e. The largest absolute Gasteiger partial charge is 0.466 e. The minimum atomic E-state index is -1.85. The highest BCUT2D eigenvalue weighted by Crippen LogP contribution is 2.37. The molecule has 0 amide bonds. The normalized spacial score (nSPS) is 25.6. The van der Waals surface area contributed by atoms with Gasteiger partial charge in [-0.2, -0.15) is 0 Å². The second-order valence-corrected chi connectivity index (χ2v) is 12.4. The van der Waals surface area contributed by atoms with E-state index in [0.717, 1.165) is 0 Å². The molecule has 0 saturated carbocycles. The molecule has 1 rings (SSSR count). The van der Waals surface area contributed by atoms with E-state index >= 15 is 0 Å². The van der Waals surface area contributed by atoms with Crippen molar-refractivity contribution in [1.82, 2.24) is 0 Å². The molecule has 1 saturated heterocycles. The molecule has 0 radical (unpaired) electrons. The van der Waals surface area contributed by atoms with Crippen molar-refractivity contribution in [2.24, 2.45) is 0 Å². The van der Waals surface area contributed by atoms with Crippen LogP contribution in [0.25, 0.3) is 0 Å². The Kier molecular flexibility index (Phi) is 6.00. The molecule has 2 atom stereocenters. The SMILES string of the molecule is COC(=O)/C=C\[C@H]1OC(C)(C)O[C@H]1CO[Si](C)(C)C(C)(C)C. The predicted octanol–water partition coefficient (Wildman–Crippen LogP) is 3.26. The summed E-state index contributed by atoms with van der Waals surface area (Å²) in [6.07, 6.45) is 2.50. The Balaban J connectivity index is 2.74. The summed E-state index contributed by atoms with van der Waals surface area (Å²) in [5, 5.41) is 0.138. The molecule has 0 bridgehead atoms. The van der Waals surface area contributed by atoms with Gasteiger partial charge >= 0.3 is 5.97 Å². The van der Waals surface area contributed by atoms with Crippen molar-refractivity contribution in [3.05, 3.63) is 12.2 Å². The summed E-state index contributed by atoms with van der Waals surface area (Å²) in [6.45, 7) is 15.2. The van der Waals surface area contributed by atoms with E-state index in [0.29, 0.717) is 6.61 Å². The van der Waals surface area contributed by atoms with Crippen LogP contribution < -0.4 is 0 Å². The van der Waals surface area contributed by atoms with Gasteiger partial charge in [-0.05, 0) is 38.1 Å². The van der Waals surface area contributed by atoms with Crippen LogP contribution in [0.1, 0.15) is 34.6 Å². The smallest absolute Gasteiger partial charge is 0.330 e. The first-order valence-electron chi connectivity index (χ1n) is 7.64. The molecule has 0 N–H and O–H groups in total. The van der Waals surface area contributed by atoms with Crippen LogP contribution in [-0.2, 0) is 23.4 Å². The summed E-state index contributed by atoms with van der Waals surface area (Å²) in [6, 6.07) is 0. The Labute approximate surface area is 135 Å². The van der Waals surface area contributed by atoms with Gasteiger partial charge in [-0.1, -0.05) is 20.8 Å². The zero-order chi connectivity index (χ0) is 17.2. The van der Waals surface area contributed by atoms with Crippen molar-refractivity contribution in [2.45, 2.75) is 70.7 Å². The Morgan fingerprint density at radius 3 is 2.36 bits per heavy atom. The van der Waals surface area contributed by atoms with E-state index in [1.54, 1.807) is 6.08 Å². The lowest BCUT2D eigenvalue weighted by molar-refractivity contribution is -0.146. The van der Waals surface area contributed by atoms with Gasteiger partial charge in [0.05, 0.1) is 13.7 Å². The molecular weight excluding hydrogens is 300 g/mol. The zero-order valence-electron chi connectivity index (χ0n) is 15.1. The molecule has 0 aliphatic carbocycles. The molecule has 5 nitrogen and oxygen atoms in total. The lowest BCUT2D eigenvalue weighted by atomic mass is 10.2. The standard InChI is InChI=1S/C16H30O5Si/c1-15(2,3)22(7,8)19-11-13-12(9-10-14(17)18-6)20-16(4,5)21-13/h9-10,12-13H,11H2,1-8H3/b10-9-/t12-,13+/m1/s1. The van der Waals surface area contributed by atoms with Gasteiger partial charge in [0.25, 0.3) is 0 Å². The van der Waals surface area contributed by atoms with Gasteiger partial charge in [-0.3, -0.25) is 0 Å². The molecule has 0 aromatic rings. The third-order valence-electron chi connectivity index (χ3n) is 4.26. The first-order chi connectivity index (χ1) is 9.88. The summed E-state index contributed by atoms with van der Waals surface area (Å²) in [5.41, 5.74) is 0. The van der Waals surface area contributed by atoms with Gasteiger partial charge in [-0.25, -0.2) is 4.79 Å². The molecule has 0 unspecified atom stereocenters. The Morgan fingerprint density at radius 2 is 1.86 bits per heavy atom. The van der Waals surface area contributed by atoms with E-state index in [2.05, 4.69) is 38.6 Å². The predicted molar refractivity (Wildman–Crippen MR) is 88.1 cm³/mol. The van der Waals surface area contributed by atoms with Crippen LogP contribution in [0, 0.1) is 0 Å². The molecule has 1 fully saturated rings. The lowest BCUT2D eigenvalue weighted by Crippen LogP contribution is -2.43. The molecule has 22 heavy (non-hydrogen) atoms. The number of carbonyl (C=O) groups excluding carboxylic acids is 1. The first kappa shape index (κ1) is 19.4. The third kappa shape index (κ3) is 5.19. The molecule has 0 aromatic heterocycles. The molecule has 6 heteroatoms. The maximum Gasteiger partial charge on any atom is 0.330 e. The van der Waals surface area contributed by atoms with E-state index in [-0.39, 0.29) is 17.2 Å². The van der Waals surface area contributed by atoms with Crippen molar-refractivity contribution >= 4 is 14.3 Å². The van der Waals surface area contributed by atoms with Gasteiger partial charge in [0.2, 0.25) is 0 Å². The molecule has 128 valence electrons. The van der Waals surface area contributed by atoms with Gasteiger partial charge in [0.15, 0.2) is 14.1 Å². The summed E-state index contributed by atoms with van der Waals surface area (Å²) in [4.78, 5) is 11.3. The van der Waals surface area contributed by atoms with Crippen LogP contribution in [0.3, 0.4) is 0 Å². The summed E-state index contributed by atoms with van der Waals surface area (Å²) in [5.74, 6) is -1.09. The average Bonchev–Trinajstić information content (AvgIpc) is 2.67. The number of rotatable bonds is 5. The molecular formula is C16H30O5Si. The molecule has 0 spiro atoms. The van der Waals surface area contributed by atoms with Crippen molar-refractivity contribution in [2.75, 3.05) is 13.7 Å². The second-order valence-electron chi connectivity index (χ2n) is 7.59. The maximum atomic E-state index is 11.3. The highest BCUT2D eigenvalue weighted by molar-refractivity contribution is 6.74. The van der Waals surface area contributed by atoms with Gasteiger partial charge in [-0.15, -0.1) is 0 Å². The van der Waals surface area contributed by atoms with Crippen LogP contribution >= 0.6 is 0 Å². The van der Waals surface area contributed by atoms with Crippen LogP contribution in [0.2, 0.25) is 18.1 Å². The van der Waals surface area contributed by atoms with E-state index in [4.69, 9.17) is 13.9 Å².